The quantitative estimate of drug-likeness (QED) is 0.334. The minimum Gasteiger partial charge on any atom is -0.239 e. The van der Waals surface area contributed by atoms with E-state index < -0.39 is 40.8 Å². The second kappa shape index (κ2) is 7.39. The van der Waals surface area contributed by atoms with Crippen molar-refractivity contribution in [2.75, 3.05) is 0 Å². The SMILES string of the molecule is CC(C)=CCc1ccc(CC2(F)C(F)(C=C(Cl)C(F)(F)F)C2(C)C(F)F)cc1. The molecule has 0 heterocycles. The molecule has 1 saturated carbocycles. The first-order chi connectivity index (χ1) is 12.7. The predicted molar refractivity (Wildman–Crippen MR) is 95.1 cm³/mol. The maximum atomic E-state index is 15.3. The van der Waals surface area contributed by atoms with Crippen LogP contribution in [0, 0.1) is 5.41 Å². The molecule has 0 saturated heterocycles. The first-order valence-corrected chi connectivity index (χ1v) is 8.89. The molecule has 0 radical (unpaired) electrons. The maximum Gasteiger partial charge on any atom is 0.426 e. The average molecular weight is 429 g/mol. The summed E-state index contributed by atoms with van der Waals surface area (Å²) in [7, 11) is 0. The Labute approximate surface area is 164 Å². The van der Waals surface area contributed by atoms with Gasteiger partial charge in [-0.15, -0.1) is 0 Å². The van der Waals surface area contributed by atoms with Gasteiger partial charge in [-0.2, -0.15) is 13.2 Å². The Morgan fingerprint density at radius 1 is 1.07 bits per heavy atom. The Hall–Kier alpha value is -1.50. The van der Waals surface area contributed by atoms with Crippen molar-refractivity contribution in [2.24, 2.45) is 5.41 Å². The fourth-order valence-corrected chi connectivity index (χ4v) is 3.47. The molecule has 0 amide bonds. The average Bonchev–Trinajstić information content (AvgIpc) is 2.94. The molecule has 8 heteroatoms. The summed E-state index contributed by atoms with van der Waals surface area (Å²) < 4.78 is 95.2. The van der Waals surface area contributed by atoms with E-state index in [-0.39, 0.29) is 11.6 Å². The molecule has 1 aromatic carbocycles. The van der Waals surface area contributed by atoms with Crippen molar-refractivity contribution in [3.63, 3.8) is 0 Å². The zero-order valence-electron chi connectivity index (χ0n) is 15.5. The van der Waals surface area contributed by atoms with Gasteiger partial charge in [-0.1, -0.05) is 47.5 Å². The third kappa shape index (κ3) is 3.70. The van der Waals surface area contributed by atoms with Crippen LogP contribution in [0.15, 0.2) is 47.0 Å². The summed E-state index contributed by atoms with van der Waals surface area (Å²) in [4.78, 5) is 0. The van der Waals surface area contributed by atoms with Gasteiger partial charge >= 0.3 is 6.18 Å². The van der Waals surface area contributed by atoms with E-state index in [0.29, 0.717) is 13.3 Å². The predicted octanol–water partition coefficient (Wildman–Crippen LogP) is 7.12. The van der Waals surface area contributed by atoms with Crippen LogP contribution in [-0.4, -0.2) is 23.9 Å². The number of alkyl halides is 7. The molecular weight excluding hydrogens is 409 g/mol. The number of rotatable bonds is 6. The van der Waals surface area contributed by atoms with E-state index in [1.54, 1.807) is 12.1 Å². The van der Waals surface area contributed by atoms with Crippen LogP contribution in [0.2, 0.25) is 0 Å². The molecule has 156 valence electrons. The van der Waals surface area contributed by atoms with Crippen molar-refractivity contribution in [3.05, 3.63) is 58.1 Å². The molecule has 3 atom stereocenters. The van der Waals surface area contributed by atoms with E-state index in [9.17, 15) is 22.0 Å². The summed E-state index contributed by atoms with van der Waals surface area (Å²) >= 11 is 5.00. The number of hydrogen-bond donors (Lipinski definition) is 0. The lowest BCUT2D eigenvalue weighted by molar-refractivity contribution is -0.0855. The van der Waals surface area contributed by atoms with E-state index in [4.69, 9.17) is 11.6 Å². The summed E-state index contributed by atoms with van der Waals surface area (Å²) in [6.45, 7) is 4.43. The Bertz CT molecular complexity index is 777. The standard InChI is InChI=1S/C20H20ClF7/c1-12(2)4-5-13-6-8-14(9-7-13)10-18(24)17(3,16(22)23)19(18,25)11-15(21)20(26,27)28/h4,6-9,11,16H,5,10H2,1-3H3. The highest BCUT2D eigenvalue weighted by Crippen LogP contribution is 2.74. The molecule has 1 aliphatic rings. The van der Waals surface area contributed by atoms with Crippen LogP contribution in [0.25, 0.3) is 0 Å². The van der Waals surface area contributed by atoms with Gasteiger partial charge in [0.25, 0.3) is 6.43 Å². The van der Waals surface area contributed by atoms with Crippen LogP contribution in [-0.2, 0) is 12.8 Å². The Balaban J connectivity index is 2.33. The topological polar surface area (TPSA) is 0 Å². The fraction of sp³-hybridized carbons (Fsp3) is 0.500. The molecule has 0 aromatic heterocycles. The van der Waals surface area contributed by atoms with Gasteiger partial charge in [-0.3, -0.25) is 0 Å². The first kappa shape index (κ1) is 22.8. The summed E-state index contributed by atoms with van der Waals surface area (Å²) in [5, 5.41) is -1.96. The lowest BCUT2D eigenvalue weighted by Gasteiger charge is -2.13. The van der Waals surface area contributed by atoms with Gasteiger partial charge < -0.3 is 0 Å². The number of hydrogen-bond acceptors (Lipinski definition) is 0. The van der Waals surface area contributed by atoms with E-state index in [0.717, 1.165) is 11.1 Å². The minimum absolute atomic E-state index is 0.200. The van der Waals surface area contributed by atoms with E-state index in [2.05, 4.69) is 0 Å². The van der Waals surface area contributed by atoms with Crippen LogP contribution < -0.4 is 0 Å². The van der Waals surface area contributed by atoms with E-state index in [1.165, 1.54) is 12.1 Å². The first-order valence-electron chi connectivity index (χ1n) is 8.52. The van der Waals surface area contributed by atoms with Crippen molar-refractivity contribution in [1.82, 2.24) is 0 Å². The van der Waals surface area contributed by atoms with Crippen molar-refractivity contribution < 1.29 is 30.7 Å². The molecule has 0 N–H and O–H groups in total. The normalized spacial score (nSPS) is 30.5. The second-order valence-corrected chi connectivity index (χ2v) is 7.89. The highest BCUT2D eigenvalue weighted by molar-refractivity contribution is 6.30. The van der Waals surface area contributed by atoms with E-state index >= 15 is 8.78 Å². The molecule has 2 rings (SSSR count). The summed E-state index contributed by atoms with van der Waals surface area (Å²) in [6.07, 6.45) is -7.17. The summed E-state index contributed by atoms with van der Waals surface area (Å²) in [6, 6.07) is 6.18. The summed E-state index contributed by atoms with van der Waals surface area (Å²) in [5.41, 5.74) is -7.54. The maximum absolute atomic E-state index is 15.3. The lowest BCUT2D eigenvalue weighted by Crippen LogP contribution is -2.22. The molecule has 1 fully saturated rings. The molecule has 1 aromatic rings. The van der Waals surface area contributed by atoms with Crippen molar-refractivity contribution in [3.8, 4) is 0 Å². The minimum atomic E-state index is -5.15. The summed E-state index contributed by atoms with van der Waals surface area (Å²) in [5.74, 6) is 0. The third-order valence-electron chi connectivity index (χ3n) is 5.34. The van der Waals surface area contributed by atoms with Crippen LogP contribution in [0.4, 0.5) is 30.7 Å². The number of benzene rings is 1. The highest BCUT2D eigenvalue weighted by atomic mass is 35.5. The zero-order chi connectivity index (χ0) is 21.5. The largest absolute Gasteiger partial charge is 0.426 e. The van der Waals surface area contributed by atoms with Crippen molar-refractivity contribution >= 4 is 11.6 Å². The Morgan fingerprint density at radius 3 is 2.00 bits per heavy atom. The number of halogens is 8. The van der Waals surface area contributed by atoms with Gasteiger partial charge in [-0.25, -0.2) is 17.6 Å². The molecule has 28 heavy (non-hydrogen) atoms. The van der Waals surface area contributed by atoms with Crippen LogP contribution >= 0.6 is 11.6 Å². The molecule has 0 spiro atoms. The van der Waals surface area contributed by atoms with E-state index in [1.807, 2.05) is 19.9 Å². The monoisotopic (exact) mass is 428 g/mol. The fourth-order valence-electron chi connectivity index (χ4n) is 3.32. The van der Waals surface area contributed by atoms with Crippen LogP contribution in [0.3, 0.4) is 0 Å². The van der Waals surface area contributed by atoms with Crippen molar-refractivity contribution in [2.45, 2.75) is 57.6 Å². The smallest absolute Gasteiger partial charge is 0.239 e. The Kier molecular flexibility index (Phi) is 6.02. The molecule has 1 aliphatic carbocycles. The van der Waals surface area contributed by atoms with Gasteiger partial charge in [0.2, 0.25) is 0 Å². The van der Waals surface area contributed by atoms with Crippen LogP contribution in [0.5, 0.6) is 0 Å². The zero-order valence-corrected chi connectivity index (χ0v) is 16.2. The molecule has 3 unspecified atom stereocenters. The van der Waals surface area contributed by atoms with Gasteiger partial charge in [-0.05, 0) is 44.4 Å². The Morgan fingerprint density at radius 2 is 1.57 bits per heavy atom. The molecular formula is C20H20ClF7. The van der Waals surface area contributed by atoms with Crippen molar-refractivity contribution in [1.29, 1.82) is 0 Å². The third-order valence-corrected chi connectivity index (χ3v) is 5.67. The highest BCUT2D eigenvalue weighted by Gasteiger charge is 2.91. The number of allylic oxidation sites excluding steroid dienone is 4. The second-order valence-electron chi connectivity index (χ2n) is 7.48. The van der Waals surface area contributed by atoms with Gasteiger partial charge in [0.15, 0.2) is 11.3 Å². The lowest BCUT2D eigenvalue weighted by atomic mass is 9.98. The molecule has 0 aliphatic heterocycles. The molecule has 0 nitrogen and oxygen atoms in total. The van der Waals surface area contributed by atoms with Gasteiger partial charge in [0, 0.05) is 6.42 Å². The molecule has 0 bridgehead atoms. The van der Waals surface area contributed by atoms with Crippen LogP contribution in [0.1, 0.15) is 31.9 Å². The van der Waals surface area contributed by atoms with Gasteiger partial charge in [0.1, 0.15) is 10.4 Å². The van der Waals surface area contributed by atoms with Gasteiger partial charge in [0.05, 0.1) is 0 Å².